The van der Waals surface area contributed by atoms with E-state index in [0.717, 1.165) is 83.6 Å². The molecule has 0 aliphatic heterocycles. The maximum absolute atomic E-state index is 6.54. The van der Waals surface area contributed by atoms with Crippen LogP contribution >= 0.6 is 0 Å². The average molecular weight is 905 g/mol. The summed E-state index contributed by atoms with van der Waals surface area (Å²) >= 11 is 0. The van der Waals surface area contributed by atoms with Crippen molar-refractivity contribution in [3.63, 3.8) is 0 Å². The first kappa shape index (κ1) is 40.6. The van der Waals surface area contributed by atoms with E-state index in [4.69, 9.17) is 4.42 Å². The predicted octanol–water partition coefficient (Wildman–Crippen LogP) is 19.1. The molecule has 12 aromatic carbocycles. The standard InChI is InChI=1S/C68H44N2O/c1-2-22-50-47(19-1)44-62(55-26-6-3-23-52(50)55)46-20-17-21-49(43-46)69(48-41-39-45(40-42-48)51-32-18-33-61-60-31-11-16-38-67(60)71-68(51)61)63-34-12-7-27-56(63)53-24-4-5-25-54(53)57-28-8-13-35-64(57)70-65-36-14-9-29-58(65)59-30-10-15-37-66(59)70/h1-44H. The SMILES string of the molecule is c1cc(-c2cc3ccccc3c3ccccc23)cc(N(c2ccc(-c3cccc4c3oc3ccccc34)cc2)c2ccccc2-c2ccccc2-c2ccccc2-n2c3ccccc3c3ccccc32)c1. The third-order valence-corrected chi connectivity index (χ3v) is 14.4. The van der Waals surface area contributed by atoms with Gasteiger partial charge in [-0.3, -0.25) is 0 Å². The third-order valence-electron chi connectivity index (χ3n) is 14.4. The van der Waals surface area contributed by atoms with E-state index in [1.165, 1.54) is 48.9 Å². The molecule has 14 rings (SSSR count). The van der Waals surface area contributed by atoms with E-state index in [0.29, 0.717) is 0 Å². The highest BCUT2D eigenvalue weighted by atomic mass is 16.3. The molecule has 14 aromatic rings. The van der Waals surface area contributed by atoms with E-state index in [1.807, 2.05) is 12.1 Å². The second-order valence-electron chi connectivity index (χ2n) is 18.4. The van der Waals surface area contributed by atoms with Crippen molar-refractivity contribution in [1.29, 1.82) is 0 Å². The first-order chi connectivity index (χ1) is 35.2. The van der Waals surface area contributed by atoms with Crippen molar-refractivity contribution in [3.05, 3.63) is 267 Å². The van der Waals surface area contributed by atoms with Crippen LogP contribution in [0.15, 0.2) is 271 Å². The van der Waals surface area contributed by atoms with E-state index in [-0.39, 0.29) is 0 Å². The van der Waals surface area contributed by atoms with Crippen molar-refractivity contribution in [2.45, 2.75) is 0 Å². The molecule has 3 heteroatoms. The smallest absolute Gasteiger partial charge is 0.143 e. The lowest BCUT2D eigenvalue weighted by Gasteiger charge is -2.29. The highest BCUT2D eigenvalue weighted by Gasteiger charge is 2.23. The monoisotopic (exact) mass is 904 g/mol. The van der Waals surface area contributed by atoms with Gasteiger partial charge in [0.2, 0.25) is 0 Å². The Morgan fingerprint density at radius 3 is 1.62 bits per heavy atom. The molecular weight excluding hydrogens is 861 g/mol. The zero-order valence-electron chi connectivity index (χ0n) is 38.7. The number of rotatable bonds is 8. The van der Waals surface area contributed by atoms with Gasteiger partial charge in [-0.05, 0) is 110 Å². The Labute approximate surface area is 411 Å². The van der Waals surface area contributed by atoms with E-state index in [2.05, 4.69) is 264 Å². The van der Waals surface area contributed by atoms with E-state index >= 15 is 0 Å². The lowest BCUT2D eigenvalue weighted by molar-refractivity contribution is 0.670. The highest BCUT2D eigenvalue weighted by molar-refractivity contribution is 6.14. The van der Waals surface area contributed by atoms with Crippen molar-refractivity contribution in [2.75, 3.05) is 4.90 Å². The van der Waals surface area contributed by atoms with Gasteiger partial charge in [0.15, 0.2) is 0 Å². The van der Waals surface area contributed by atoms with Crippen molar-refractivity contribution in [2.24, 2.45) is 0 Å². The number of anilines is 3. The summed E-state index contributed by atoms with van der Waals surface area (Å²) in [6.45, 7) is 0. The Morgan fingerprint density at radius 2 is 0.845 bits per heavy atom. The van der Waals surface area contributed by atoms with Gasteiger partial charge in [0.05, 0.1) is 22.4 Å². The summed E-state index contributed by atoms with van der Waals surface area (Å²) in [7, 11) is 0. The zero-order valence-corrected chi connectivity index (χ0v) is 38.7. The van der Waals surface area contributed by atoms with Crippen LogP contribution in [0.2, 0.25) is 0 Å². The van der Waals surface area contributed by atoms with Crippen LogP contribution in [0.25, 0.3) is 115 Å². The van der Waals surface area contributed by atoms with Crippen LogP contribution in [-0.2, 0) is 0 Å². The maximum Gasteiger partial charge on any atom is 0.143 e. The Balaban J connectivity index is 0.965. The molecule has 0 bridgehead atoms. The number of benzene rings is 12. The van der Waals surface area contributed by atoms with Crippen LogP contribution in [-0.4, -0.2) is 4.57 Å². The lowest BCUT2D eigenvalue weighted by Crippen LogP contribution is -2.11. The van der Waals surface area contributed by atoms with E-state index in [9.17, 15) is 0 Å². The van der Waals surface area contributed by atoms with Crippen LogP contribution in [0.4, 0.5) is 17.1 Å². The summed E-state index contributed by atoms with van der Waals surface area (Å²) in [6.07, 6.45) is 0. The Hall–Kier alpha value is -9.44. The predicted molar refractivity (Wildman–Crippen MR) is 299 cm³/mol. The molecule has 3 nitrogen and oxygen atoms in total. The molecule has 2 aromatic heterocycles. The van der Waals surface area contributed by atoms with Crippen LogP contribution in [0.5, 0.6) is 0 Å². The van der Waals surface area contributed by atoms with Crippen LogP contribution in [0, 0.1) is 0 Å². The number of hydrogen-bond donors (Lipinski definition) is 0. The average Bonchev–Trinajstić information content (AvgIpc) is 4.00. The number of hydrogen-bond acceptors (Lipinski definition) is 2. The van der Waals surface area contributed by atoms with Gasteiger partial charge in [-0.2, -0.15) is 0 Å². The summed E-state index contributed by atoms with van der Waals surface area (Å²) in [5, 5.41) is 9.70. The minimum atomic E-state index is 0.895. The molecule has 71 heavy (non-hydrogen) atoms. The van der Waals surface area contributed by atoms with Gasteiger partial charge in [-0.15, -0.1) is 0 Å². The Morgan fingerprint density at radius 1 is 0.296 bits per heavy atom. The van der Waals surface area contributed by atoms with Gasteiger partial charge in [-0.25, -0.2) is 0 Å². The summed E-state index contributed by atoms with van der Waals surface area (Å²) in [6, 6.07) is 96.8. The van der Waals surface area contributed by atoms with Crippen LogP contribution in [0.3, 0.4) is 0 Å². The number of aromatic nitrogens is 1. The van der Waals surface area contributed by atoms with Crippen molar-refractivity contribution >= 4 is 82.4 Å². The Bertz CT molecular complexity index is 4310. The quantitative estimate of drug-likeness (QED) is 0.142. The fourth-order valence-electron chi connectivity index (χ4n) is 11.2. The molecule has 0 unspecified atom stereocenters. The van der Waals surface area contributed by atoms with Gasteiger partial charge < -0.3 is 13.9 Å². The Kier molecular flexibility index (Phi) is 9.53. The molecule has 0 aliphatic carbocycles. The molecule has 0 saturated carbocycles. The molecule has 2 heterocycles. The molecule has 0 radical (unpaired) electrons. The molecule has 0 saturated heterocycles. The van der Waals surface area contributed by atoms with Crippen molar-refractivity contribution in [3.8, 4) is 50.2 Å². The van der Waals surface area contributed by atoms with Crippen LogP contribution in [0.1, 0.15) is 0 Å². The second-order valence-corrected chi connectivity index (χ2v) is 18.4. The second kappa shape index (κ2) is 16.7. The van der Waals surface area contributed by atoms with Gasteiger partial charge in [0, 0.05) is 49.6 Å². The van der Waals surface area contributed by atoms with Crippen molar-refractivity contribution in [1.82, 2.24) is 4.57 Å². The molecule has 0 fully saturated rings. The fraction of sp³-hybridized carbons (Fsp3) is 0. The summed E-state index contributed by atoms with van der Waals surface area (Å²) in [5.74, 6) is 0. The molecule has 0 N–H and O–H groups in total. The molecular formula is C68H44N2O. The first-order valence-corrected chi connectivity index (χ1v) is 24.3. The number of furan rings is 1. The summed E-state index contributed by atoms with van der Waals surface area (Å²) in [5.41, 5.74) is 17.6. The normalized spacial score (nSPS) is 11.7. The molecule has 332 valence electrons. The highest BCUT2D eigenvalue weighted by Crippen LogP contribution is 2.47. The minimum absolute atomic E-state index is 0.895. The molecule has 0 spiro atoms. The van der Waals surface area contributed by atoms with Gasteiger partial charge >= 0.3 is 0 Å². The number of nitrogens with zero attached hydrogens (tertiary/aromatic N) is 2. The topological polar surface area (TPSA) is 21.3 Å². The van der Waals surface area contributed by atoms with Crippen LogP contribution < -0.4 is 4.90 Å². The summed E-state index contributed by atoms with van der Waals surface area (Å²) in [4.78, 5) is 2.43. The lowest BCUT2D eigenvalue weighted by atomic mass is 9.91. The van der Waals surface area contributed by atoms with Gasteiger partial charge in [-0.1, -0.05) is 206 Å². The molecule has 0 amide bonds. The minimum Gasteiger partial charge on any atom is -0.455 e. The maximum atomic E-state index is 6.54. The molecule has 0 atom stereocenters. The first-order valence-electron chi connectivity index (χ1n) is 24.3. The number of para-hydroxylation sites is 6. The fourth-order valence-corrected chi connectivity index (χ4v) is 11.2. The van der Waals surface area contributed by atoms with E-state index < -0.39 is 0 Å². The van der Waals surface area contributed by atoms with E-state index in [1.54, 1.807) is 0 Å². The zero-order chi connectivity index (χ0) is 46.8. The number of fused-ring (bicyclic) bond motifs is 9. The molecule has 0 aliphatic rings. The van der Waals surface area contributed by atoms with Crippen molar-refractivity contribution < 1.29 is 4.42 Å². The third kappa shape index (κ3) is 6.66. The largest absolute Gasteiger partial charge is 0.455 e. The van der Waals surface area contributed by atoms with Gasteiger partial charge in [0.1, 0.15) is 11.2 Å². The summed E-state index contributed by atoms with van der Waals surface area (Å²) < 4.78 is 8.98. The van der Waals surface area contributed by atoms with Gasteiger partial charge in [0.25, 0.3) is 0 Å².